The normalized spacial score (nSPS) is 17.2. The van der Waals surface area contributed by atoms with Crippen LogP contribution in [0.5, 0.6) is 0 Å². The largest absolute Gasteiger partial charge is 0.465 e. The van der Waals surface area contributed by atoms with Crippen LogP contribution in [-0.2, 0) is 0 Å². The second kappa shape index (κ2) is 8.45. The maximum absolute atomic E-state index is 12.5. The first-order valence-corrected chi connectivity index (χ1v) is 10.4. The number of nitrogens with one attached hydrogen (secondary N) is 1. The highest BCUT2D eigenvalue weighted by molar-refractivity contribution is 9.10. The van der Waals surface area contributed by atoms with Crippen molar-refractivity contribution < 1.29 is 14.7 Å². The summed E-state index contributed by atoms with van der Waals surface area (Å²) in [5, 5.41) is 12.4. The summed E-state index contributed by atoms with van der Waals surface area (Å²) < 4.78 is 0.955. The quantitative estimate of drug-likeness (QED) is 0.683. The highest BCUT2D eigenvalue weighted by Gasteiger charge is 2.38. The number of rotatable bonds is 3. The lowest BCUT2D eigenvalue weighted by Crippen LogP contribution is -2.59. The Morgan fingerprint density at radius 2 is 1.66 bits per heavy atom. The summed E-state index contributed by atoms with van der Waals surface area (Å²) in [6.07, 6.45) is -0.871. The molecule has 0 saturated carbocycles. The molecule has 154 valence electrons. The predicted octanol–water partition coefficient (Wildman–Crippen LogP) is 4.92. The van der Waals surface area contributed by atoms with Crippen LogP contribution in [0.4, 0.5) is 16.2 Å². The number of anilines is 2. The van der Waals surface area contributed by atoms with Crippen molar-refractivity contribution in [1.29, 1.82) is 0 Å². The molecule has 1 heterocycles. The Hall–Kier alpha value is -2.54. The van der Waals surface area contributed by atoms with Crippen LogP contribution in [0.2, 0.25) is 0 Å². The molecule has 1 saturated heterocycles. The third-order valence-corrected chi connectivity index (χ3v) is 5.75. The van der Waals surface area contributed by atoms with E-state index in [9.17, 15) is 14.7 Å². The van der Waals surface area contributed by atoms with Crippen LogP contribution >= 0.6 is 15.9 Å². The zero-order valence-corrected chi connectivity index (χ0v) is 18.4. The first kappa shape index (κ1) is 21.2. The highest BCUT2D eigenvalue weighted by Crippen LogP contribution is 2.30. The highest BCUT2D eigenvalue weighted by atomic mass is 79.9. The molecule has 2 amide bonds. The van der Waals surface area contributed by atoms with Crippen molar-refractivity contribution in [1.82, 2.24) is 4.90 Å². The Morgan fingerprint density at radius 3 is 2.21 bits per heavy atom. The molecular formula is C22H26BrN3O3. The number of benzene rings is 2. The number of carbonyl (C=O) groups excluding carboxylic acids is 1. The van der Waals surface area contributed by atoms with Crippen LogP contribution < -0.4 is 10.2 Å². The number of carboxylic acid groups (broad SMARTS) is 1. The molecule has 1 aliphatic heterocycles. The van der Waals surface area contributed by atoms with E-state index in [4.69, 9.17) is 0 Å². The van der Waals surface area contributed by atoms with Crippen LogP contribution in [0.15, 0.2) is 53.0 Å². The van der Waals surface area contributed by atoms with Gasteiger partial charge in [0.1, 0.15) is 0 Å². The van der Waals surface area contributed by atoms with Gasteiger partial charge in [-0.3, -0.25) is 4.79 Å². The number of amides is 2. The van der Waals surface area contributed by atoms with Gasteiger partial charge in [0.25, 0.3) is 5.91 Å². The number of piperazine rings is 1. The molecule has 7 heteroatoms. The molecule has 6 nitrogen and oxygen atoms in total. The second-order valence-electron chi connectivity index (χ2n) is 8.31. The Balaban J connectivity index is 1.70. The maximum Gasteiger partial charge on any atom is 0.407 e. The summed E-state index contributed by atoms with van der Waals surface area (Å²) in [4.78, 5) is 27.8. The Morgan fingerprint density at radius 1 is 1.03 bits per heavy atom. The molecule has 0 aromatic heterocycles. The van der Waals surface area contributed by atoms with Crippen LogP contribution in [0, 0.1) is 5.41 Å². The predicted molar refractivity (Wildman–Crippen MR) is 119 cm³/mol. The molecular weight excluding hydrogens is 434 g/mol. The number of hydrogen-bond acceptors (Lipinski definition) is 3. The van der Waals surface area contributed by atoms with Gasteiger partial charge in [-0.15, -0.1) is 0 Å². The number of hydrogen-bond donors (Lipinski definition) is 2. The van der Waals surface area contributed by atoms with Crippen molar-refractivity contribution in [2.75, 3.05) is 29.9 Å². The van der Waals surface area contributed by atoms with Gasteiger partial charge >= 0.3 is 6.09 Å². The van der Waals surface area contributed by atoms with Crippen molar-refractivity contribution in [3.05, 3.63) is 58.6 Å². The molecule has 2 aromatic carbocycles. The molecule has 1 unspecified atom stereocenters. The average molecular weight is 460 g/mol. The summed E-state index contributed by atoms with van der Waals surface area (Å²) in [5.41, 5.74) is 2.14. The zero-order valence-electron chi connectivity index (χ0n) is 16.9. The molecule has 0 radical (unpaired) electrons. The van der Waals surface area contributed by atoms with Crippen LogP contribution in [0.1, 0.15) is 31.1 Å². The van der Waals surface area contributed by atoms with Crippen LogP contribution in [0.3, 0.4) is 0 Å². The van der Waals surface area contributed by atoms with E-state index in [1.54, 1.807) is 12.1 Å². The molecule has 2 aromatic rings. The molecule has 1 aliphatic rings. The van der Waals surface area contributed by atoms with Crippen molar-refractivity contribution in [3.8, 4) is 0 Å². The van der Waals surface area contributed by atoms with E-state index in [2.05, 4.69) is 46.9 Å². The minimum atomic E-state index is -0.871. The fraction of sp³-hybridized carbons (Fsp3) is 0.364. The summed E-state index contributed by atoms with van der Waals surface area (Å²) >= 11 is 3.38. The average Bonchev–Trinajstić information content (AvgIpc) is 2.68. The lowest BCUT2D eigenvalue weighted by atomic mass is 9.84. The topological polar surface area (TPSA) is 72.9 Å². The third kappa shape index (κ3) is 5.09. The van der Waals surface area contributed by atoms with Gasteiger partial charge in [-0.1, -0.05) is 36.7 Å². The van der Waals surface area contributed by atoms with Gasteiger partial charge in [0.05, 0.1) is 6.04 Å². The Labute approximate surface area is 179 Å². The standard InChI is InChI=1S/C22H26BrN3O3/c1-22(2,3)19-14-25(12-13-26(19)21(28)29)18-10-4-15(5-11-18)20(27)24-17-8-6-16(23)7-9-17/h4-11,19H,12-14H2,1-3H3,(H,24,27)(H,28,29). The SMILES string of the molecule is CC(C)(C)C1CN(c2ccc(C(=O)Nc3ccc(Br)cc3)cc2)CCN1C(=O)O. The molecule has 0 bridgehead atoms. The van der Waals surface area contributed by atoms with Gasteiger partial charge in [-0.2, -0.15) is 0 Å². The lowest BCUT2D eigenvalue weighted by Gasteiger charge is -2.46. The molecule has 3 rings (SSSR count). The van der Waals surface area contributed by atoms with Gasteiger partial charge in [0.2, 0.25) is 0 Å². The first-order valence-electron chi connectivity index (χ1n) is 9.56. The fourth-order valence-corrected chi connectivity index (χ4v) is 3.81. The summed E-state index contributed by atoms with van der Waals surface area (Å²) in [7, 11) is 0. The zero-order chi connectivity index (χ0) is 21.2. The Bertz CT molecular complexity index is 876. The monoisotopic (exact) mass is 459 g/mol. The van der Waals surface area contributed by atoms with E-state index < -0.39 is 6.09 Å². The van der Waals surface area contributed by atoms with Crippen molar-refractivity contribution in [2.45, 2.75) is 26.8 Å². The van der Waals surface area contributed by atoms with Gasteiger partial charge in [0, 0.05) is 41.0 Å². The number of carbonyl (C=O) groups is 2. The number of nitrogens with zero attached hydrogens (tertiary/aromatic N) is 2. The molecule has 0 spiro atoms. The first-order chi connectivity index (χ1) is 13.6. The lowest BCUT2D eigenvalue weighted by molar-refractivity contribution is 0.0748. The molecule has 2 N–H and O–H groups in total. The van der Waals surface area contributed by atoms with E-state index in [0.717, 1.165) is 15.8 Å². The van der Waals surface area contributed by atoms with E-state index >= 15 is 0 Å². The van der Waals surface area contributed by atoms with Crippen LogP contribution in [0.25, 0.3) is 0 Å². The van der Waals surface area contributed by atoms with Gasteiger partial charge in [-0.05, 0) is 53.9 Å². The van der Waals surface area contributed by atoms with Crippen LogP contribution in [-0.4, -0.2) is 47.7 Å². The van der Waals surface area contributed by atoms with E-state index in [-0.39, 0.29) is 17.4 Å². The van der Waals surface area contributed by atoms with E-state index in [1.165, 1.54) is 4.90 Å². The smallest absolute Gasteiger partial charge is 0.407 e. The maximum atomic E-state index is 12.5. The number of halogens is 1. The summed E-state index contributed by atoms with van der Waals surface area (Å²) in [5.74, 6) is -0.165. The van der Waals surface area contributed by atoms with E-state index in [0.29, 0.717) is 25.2 Å². The minimum Gasteiger partial charge on any atom is -0.465 e. The molecule has 29 heavy (non-hydrogen) atoms. The van der Waals surface area contributed by atoms with Gasteiger partial charge in [0.15, 0.2) is 0 Å². The third-order valence-electron chi connectivity index (χ3n) is 5.22. The van der Waals surface area contributed by atoms with E-state index in [1.807, 2.05) is 36.4 Å². The van der Waals surface area contributed by atoms with Gasteiger partial charge < -0.3 is 20.2 Å². The summed E-state index contributed by atoms with van der Waals surface area (Å²) in [6, 6.07) is 14.8. The van der Waals surface area contributed by atoms with Crippen molar-refractivity contribution in [3.63, 3.8) is 0 Å². The fourth-order valence-electron chi connectivity index (χ4n) is 3.55. The Kier molecular flexibility index (Phi) is 6.17. The molecule has 1 fully saturated rings. The molecule has 1 atom stereocenters. The van der Waals surface area contributed by atoms with Gasteiger partial charge in [-0.25, -0.2) is 4.79 Å². The van der Waals surface area contributed by atoms with Crippen molar-refractivity contribution in [2.24, 2.45) is 5.41 Å². The molecule has 0 aliphatic carbocycles. The minimum absolute atomic E-state index is 0.103. The second-order valence-corrected chi connectivity index (χ2v) is 9.23. The summed E-state index contributed by atoms with van der Waals surface area (Å²) in [6.45, 7) is 7.90. The van der Waals surface area contributed by atoms with Crippen molar-refractivity contribution >= 4 is 39.3 Å².